The van der Waals surface area contributed by atoms with Crippen molar-refractivity contribution in [1.82, 2.24) is 9.97 Å². The summed E-state index contributed by atoms with van der Waals surface area (Å²) in [5, 5.41) is 1.26. The molecule has 0 N–H and O–H groups in total. The Morgan fingerprint density at radius 1 is 0.743 bits per heavy atom. The molecule has 6 aromatic rings. The average Bonchev–Trinajstić information content (AvgIpc) is 3.33. The van der Waals surface area contributed by atoms with Crippen molar-refractivity contribution >= 4 is 49.2 Å². The number of nitrogens with zero attached hydrogens (tertiary/aromatic N) is 3. The summed E-state index contributed by atoms with van der Waals surface area (Å²) in [6.45, 7) is 0. The van der Waals surface area contributed by atoms with E-state index in [9.17, 15) is 9.18 Å². The number of carbonyl (C=O) groups excluding carboxylic acids is 1. The first kappa shape index (κ1) is 21.1. The summed E-state index contributed by atoms with van der Waals surface area (Å²) in [4.78, 5) is 25.4. The lowest BCUT2D eigenvalue weighted by molar-refractivity contribution is 0.100. The van der Waals surface area contributed by atoms with Gasteiger partial charge < -0.3 is 0 Å². The molecule has 6 heteroatoms. The smallest absolute Gasteiger partial charge is 0.265 e. The third kappa shape index (κ3) is 3.94. The molecule has 0 saturated heterocycles. The van der Waals surface area contributed by atoms with Crippen LogP contribution in [-0.4, -0.2) is 15.9 Å². The summed E-state index contributed by atoms with van der Waals surface area (Å²) in [6, 6.07) is 32.8. The van der Waals surface area contributed by atoms with Gasteiger partial charge in [-0.25, -0.2) is 14.4 Å². The van der Waals surface area contributed by atoms with Crippen LogP contribution in [0.3, 0.4) is 0 Å². The van der Waals surface area contributed by atoms with Crippen LogP contribution in [-0.2, 0) is 0 Å². The van der Waals surface area contributed by atoms with E-state index >= 15 is 0 Å². The first-order chi connectivity index (χ1) is 17.2. The van der Waals surface area contributed by atoms with E-state index in [2.05, 4.69) is 0 Å². The molecule has 0 aliphatic rings. The molecular formula is C29H18FN3OS. The summed E-state index contributed by atoms with van der Waals surface area (Å²) in [6.07, 6.45) is 0. The van der Waals surface area contributed by atoms with Crippen molar-refractivity contribution in [3.8, 4) is 11.3 Å². The van der Waals surface area contributed by atoms with Crippen molar-refractivity contribution < 1.29 is 9.18 Å². The summed E-state index contributed by atoms with van der Waals surface area (Å²) in [7, 11) is 0. The molecule has 4 aromatic carbocycles. The maximum absolute atomic E-state index is 14.3. The Kier molecular flexibility index (Phi) is 5.28. The first-order valence-corrected chi connectivity index (χ1v) is 11.9. The molecule has 0 fully saturated rings. The number of thiazole rings is 1. The molecule has 0 aliphatic carbocycles. The van der Waals surface area contributed by atoms with Crippen LogP contribution in [0.2, 0.25) is 0 Å². The highest BCUT2D eigenvalue weighted by molar-refractivity contribution is 7.22. The summed E-state index contributed by atoms with van der Waals surface area (Å²) in [5.41, 5.74) is 4.19. The van der Waals surface area contributed by atoms with E-state index in [-0.39, 0.29) is 11.7 Å². The van der Waals surface area contributed by atoms with Gasteiger partial charge in [-0.1, -0.05) is 72.0 Å². The Morgan fingerprint density at radius 3 is 2.20 bits per heavy atom. The van der Waals surface area contributed by atoms with Crippen LogP contribution in [0.15, 0.2) is 109 Å². The second-order valence-corrected chi connectivity index (χ2v) is 9.03. The number of anilines is 2. The van der Waals surface area contributed by atoms with Gasteiger partial charge in [-0.2, -0.15) is 0 Å². The lowest BCUT2D eigenvalue weighted by atomic mass is 10.0. The minimum atomic E-state index is -0.369. The number of rotatable bonds is 4. The molecule has 0 atom stereocenters. The fourth-order valence-corrected chi connectivity index (χ4v) is 5.08. The van der Waals surface area contributed by atoms with Crippen molar-refractivity contribution in [3.63, 3.8) is 0 Å². The minimum absolute atomic E-state index is 0.258. The van der Waals surface area contributed by atoms with E-state index in [1.807, 2.05) is 84.9 Å². The Labute approximate surface area is 204 Å². The Hall–Kier alpha value is -4.42. The van der Waals surface area contributed by atoms with Gasteiger partial charge in [-0.15, -0.1) is 0 Å². The minimum Gasteiger partial charge on any atom is -0.268 e. The molecule has 0 unspecified atom stereocenters. The predicted octanol–water partition coefficient (Wildman–Crippen LogP) is 7.63. The normalized spacial score (nSPS) is 11.1. The number of halogens is 1. The van der Waals surface area contributed by atoms with Crippen LogP contribution >= 0.6 is 11.3 Å². The molecule has 1 amide bonds. The highest BCUT2D eigenvalue weighted by Gasteiger charge is 2.26. The third-order valence-corrected chi connectivity index (χ3v) is 6.80. The highest BCUT2D eigenvalue weighted by Crippen LogP contribution is 2.36. The quantitative estimate of drug-likeness (QED) is 0.263. The van der Waals surface area contributed by atoms with Gasteiger partial charge in [0.25, 0.3) is 5.91 Å². The van der Waals surface area contributed by atoms with Crippen molar-refractivity contribution in [2.24, 2.45) is 0 Å². The molecule has 0 radical (unpaired) electrons. The fraction of sp³-hybridized carbons (Fsp3) is 0. The monoisotopic (exact) mass is 475 g/mol. The van der Waals surface area contributed by atoms with Crippen LogP contribution in [0.4, 0.5) is 15.2 Å². The second-order valence-electron chi connectivity index (χ2n) is 8.02. The van der Waals surface area contributed by atoms with E-state index in [1.54, 1.807) is 17.0 Å². The van der Waals surface area contributed by atoms with E-state index in [0.29, 0.717) is 22.1 Å². The summed E-state index contributed by atoms with van der Waals surface area (Å²) in [5.74, 6) is -0.627. The Bertz CT molecular complexity index is 1650. The number of benzene rings is 4. The maximum Gasteiger partial charge on any atom is 0.265 e. The van der Waals surface area contributed by atoms with Crippen LogP contribution in [0.25, 0.3) is 32.4 Å². The van der Waals surface area contributed by atoms with Gasteiger partial charge in [0.05, 0.1) is 32.7 Å². The largest absolute Gasteiger partial charge is 0.268 e. The van der Waals surface area contributed by atoms with Crippen molar-refractivity contribution in [3.05, 3.63) is 121 Å². The summed E-state index contributed by atoms with van der Waals surface area (Å²) < 4.78 is 14.7. The van der Waals surface area contributed by atoms with Crippen LogP contribution in [0, 0.1) is 5.82 Å². The molecule has 6 rings (SSSR count). The SMILES string of the molecule is O=C(c1cc(-c2ccccc2)nc2ccccc12)N(c1ccc(F)cc1)c1nc2ccccc2s1. The van der Waals surface area contributed by atoms with E-state index in [4.69, 9.17) is 9.97 Å². The number of para-hydroxylation sites is 2. The number of amides is 1. The predicted molar refractivity (Wildman–Crippen MR) is 140 cm³/mol. The van der Waals surface area contributed by atoms with Gasteiger partial charge in [-0.3, -0.25) is 9.69 Å². The molecule has 0 aliphatic heterocycles. The molecule has 35 heavy (non-hydrogen) atoms. The molecule has 2 heterocycles. The third-order valence-electron chi connectivity index (χ3n) is 5.78. The van der Waals surface area contributed by atoms with Gasteiger partial charge >= 0.3 is 0 Å². The Balaban J connectivity index is 1.57. The van der Waals surface area contributed by atoms with E-state index in [0.717, 1.165) is 26.7 Å². The zero-order chi connectivity index (χ0) is 23.8. The van der Waals surface area contributed by atoms with E-state index < -0.39 is 0 Å². The Morgan fingerprint density at radius 2 is 1.43 bits per heavy atom. The van der Waals surface area contributed by atoms with Gasteiger partial charge in [0.1, 0.15) is 5.82 Å². The molecule has 4 nitrogen and oxygen atoms in total. The standard InChI is InChI=1S/C29H18FN3OS/c30-20-14-16-21(17-15-20)33(29-32-25-12-6-7-13-27(25)35-29)28(34)23-18-26(19-8-2-1-3-9-19)31-24-11-5-4-10-22(23)24/h1-18H. The highest BCUT2D eigenvalue weighted by atomic mass is 32.1. The topological polar surface area (TPSA) is 46.1 Å². The van der Waals surface area contributed by atoms with Crippen molar-refractivity contribution in [2.45, 2.75) is 0 Å². The van der Waals surface area contributed by atoms with Crippen LogP contribution in [0.1, 0.15) is 10.4 Å². The second kappa shape index (κ2) is 8.74. The number of hydrogen-bond donors (Lipinski definition) is 0. The molecule has 168 valence electrons. The number of carbonyl (C=O) groups is 1. The number of fused-ring (bicyclic) bond motifs is 2. The molecule has 2 aromatic heterocycles. The van der Waals surface area contributed by atoms with Gasteiger partial charge in [0, 0.05) is 10.9 Å². The van der Waals surface area contributed by atoms with E-state index in [1.165, 1.54) is 23.5 Å². The maximum atomic E-state index is 14.3. The lowest BCUT2D eigenvalue weighted by Gasteiger charge is -2.21. The number of hydrogen-bond acceptors (Lipinski definition) is 4. The average molecular weight is 476 g/mol. The van der Waals surface area contributed by atoms with Crippen LogP contribution < -0.4 is 4.90 Å². The molecular weight excluding hydrogens is 457 g/mol. The van der Waals surface area contributed by atoms with Crippen molar-refractivity contribution in [1.29, 1.82) is 0 Å². The molecule has 0 bridgehead atoms. The fourth-order valence-electron chi connectivity index (χ4n) is 4.09. The van der Waals surface area contributed by atoms with Gasteiger partial charge in [0.15, 0.2) is 5.13 Å². The first-order valence-electron chi connectivity index (χ1n) is 11.1. The number of aromatic nitrogens is 2. The van der Waals surface area contributed by atoms with Crippen LogP contribution in [0.5, 0.6) is 0 Å². The zero-order valence-corrected chi connectivity index (χ0v) is 19.2. The molecule has 0 saturated carbocycles. The van der Waals surface area contributed by atoms with Gasteiger partial charge in [0.2, 0.25) is 0 Å². The zero-order valence-electron chi connectivity index (χ0n) is 18.4. The van der Waals surface area contributed by atoms with Gasteiger partial charge in [-0.05, 0) is 48.5 Å². The molecule has 0 spiro atoms. The lowest BCUT2D eigenvalue weighted by Crippen LogP contribution is -2.26. The number of pyridine rings is 1. The van der Waals surface area contributed by atoms with Crippen molar-refractivity contribution in [2.75, 3.05) is 4.90 Å². The summed E-state index contributed by atoms with van der Waals surface area (Å²) >= 11 is 1.42.